The van der Waals surface area contributed by atoms with Gasteiger partial charge in [-0.25, -0.2) is 0 Å². The summed E-state index contributed by atoms with van der Waals surface area (Å²) in [6.45, 7) is 5.31. The predicted octanol–water partition coefficient (Wildman–Crippen LogP) is 4.53. The zero-order valence-electron chi connectivity index (χ0n) is 18.7. The van der Waals surface area contributed by atoms with E-state index in [1.165, 1.54) is 32.4 Å². The molecule has 2 aromatic rings. The molecular weight excluding hydrogens is 423 g/mol. The van der Waals surface area contributed by atoms with Crippen LogP contribution in [0.4, 0.5) is 13.2 Å². The van der Waals surface area contributed by atoms with Gasteiger partial charge in [-0.05, 0) is 30.0 Å². The molecule has 0 heterocycles. The second-order valence-corrected chi connectivity index (χ2v) is 7.46. The van der Waals surface area contributed by atoms with Crippen LogP contribution in [0.3, 0.4) is 0 Å². The maximum Gasteiger partial charge on any atom is 0.417 e. The van der Waals surface area contributed by atoms with Gasteiger partial charge in [0.2, 0.25) is 5.91 Å². The molecule has 0 aliphatic heterocycles. The molecule has 2 N–H and O–H groups in total. The third kappa shape index (κ3) is 6.08. The highest BCUT2D eigenvalue weighted by molar-refractivity contribution is 6.02. The van der Waals surface area contributed by atoms with Crippen LogP contribution in [0.15, 0.2) is 47.6 Å². The Bertz CT molecular complexity index is 959. The number of benzene rings is 2. The Hall–Kier alpha value is -2.91. The molecule has 0 fully saturated rings. The van der Waals surface area contributed by atoms with Gasteiger partial charge >= 0.3 is 6.18 Å². The normalized spacial score (nSPS) is 13.2. The molecule has 32 heavy (non-hydrogen) atoms. The number of oxime groups is 1. The summed E-state index contributed by atoms with van der Waals surface area (Å²) >= 11 is 0. The first-order chi connectivity index (χ1) is 15.1. The molecule has 0 saturated carbocycles. The summed E-state index contributed by atoms with van der Waals surface area (Å²) in [6, 6.07) is 9.88. The molecule has 1 amide bonds. The van der Waals surface area contributed by atoms with Crippen molar-refractivity contribution in [2.75, 3.05) is 14.2 Å². The van der Waals surface area contributed by atoms with Gasteiger partial charge in [0.15, 0.2) is 0 Å². The molecule has 0 spiro atoms. The minimum absolute atomic E-state index is 0.0238. The fraction of sp³-hybridized carbons (Fsp3) is 0.391. The van der Waals surface area contributed by atoms with E-state index in [-0.39, 0.29) is 29.7 Å². The monoisotopic (exact) mass is 451 g/mol. The quantitative estimate of drug-likeness (QED) is 0.434. The Labute approximate surface area is 185 Å². The van der Waals surface area contributed by atoms with Crippen LogP contribution in [-0.4, -0.2) is 25.8 Å². The van der Waals surface area contributed by atoms with E-state index in [1.807, 2.05) is 13.0 Å². The van der Waals surface area contributed by atoms with Gasteiger partial charge in [-0.15, -0.1) is 0 Å². The number of nitrogens with zero attached hydrogens (tertiary/aromatic N) is 1. The molecular formula is C23H28F3N3O3. The van der Waals surface area contributed by atoms with E-state index in [9.17, 15) is 18.0 Å². The highest BCUT2D eigenvalue weighted by Crippen LogP contribution is 2.33. The lowest BCUT2D eigenvalue weighted by Crippen LogP contribution is -2.36. The molecule has 0 saturated heterocycles. The van der Waals surface area contributed by atoms with Crippen molar-refractivity contribution in [3.05, 3.63) is 70.3 Å². The number of carbonyl (C=O) groups is 1. The molecule has 1 unspecified atom stereocenters. The van der Waals surface area contributed by atoms with Crippen LogP contribution in [0, 0.1) is 12.8 Å². The summed E-state index contributed by atoms with van der Waals surface area (Å²) in [5, 5.41) is 6.65. The van der Waals surface area contributed by atoms with E-state index >= 15 is 0 Å². The SMILES string of the molecule is CNC(=O)C(NOC)c1cccc(C)c1CO/N=C(/c1ccccc1C(F)(F)F)C(C)C. The zero-order chi connectivity index (χ0) is 23.9. The van der Waals surface area contributed by atoms with Crippen molar-refractivity contribution < 1.29 is 27.6 Å². The zero-order valence-corrected chi connectivity index (χ0v) is 18.7. The first kappa shape index (κ1) is 25.4. The van der Waals surface area contributed by atoms with E-state index in [0.717, 1.165) is 11.6 Å². The molecule has 174 valence electrons. The molecule has 0 bridgehead atoms. The van der Waals surface area contributed by atoms with Gasteiger partial charge in [0.25, 0.3) is 0 Å². The Balaban J connectivity index is 2.40. The second kappa shape index (κ2) is 11.1. The summed E-state index contributed by atoms with van der Waals surface area (Å²) in [7, 11) is 2.91. The van der Waals surface area contributed by atoms with Gasteiger partial charge in [0, 0.05) is 18.2 Å². The third-order valence-electron chi connectivity index (χ3n) is 4.93. The molecule has 0 radical (unpaired) electrons. The first-order valence-electron chi connectivity index (χ1n) is 10.1. The third-order valence-corrected chi connectivity index (χ3v) is 4.93. The number of hydrogen-bond donors (Lipinski definition) is 2. The van der Waals surface area contributed by atoms with Crippen molar-refractivity contribution in [3.63, 3.8) is 0 Å². The molecule has 0 aliphatic carbocycles. The number of likely N-dealkylation sites (N-methyl/N-ethyl adjacent to an activating group) is 1. The van der Waals surface area contributed by atoms with Crippen molar-refractivity contribution in [2.24, 2.45) is 11.1 Å². The number of rotatable bonds is 9. The Morgan fingerprint density at radius 2 is 1.81 bits per heavy atom. The number of aryl methyl sites for hydroxylation is 1. The van der Waals surface area contributed by atoms with Crippen molar-refractivity contribution in [1.82, 2.24) is 10.8 Å². The maximum absolute atomic E-state index is 13.5. The van der Waals surface area contributed by atoms with Crippen molar-refractivity contribution in [2.45, 2.75) is 39.6 Å². The fourth-order valence-corrected chi connectivity index (χ4v) is 3.30. The van der Waals surface area contributed by atoms with Crippen molar-refractivity contribution in [3.8, 4) is 0 Å². The lowest BCUT2D eigenvalue weighted by Gasteiger charge is -2.21. The molecule has 6 nitrogen and oxygen atoms in total. The average molecular weight is 451 g/mol. The van der Waals surface area contributed by atoms with Crippen LogP contribution < -0.4 is 10.8 Å². The Kier molecular flexibility index (Phi) is 8.80. The molecule has 0 aliphatic rings. The van der Waals surface area contributed by atoms with Gasteiger partial charge in [-0.3, -0.25) is 4.79 Å². The van der Waals surface area contributed by atoms with E-state index in [4.69, 9.17) is 9.68 Å². The minimum atomic E-state index is -4.51. The summed E-state index contributed by atoms with van der Waals surface area (Å²) in [6.07, 6.45) is -4.51. The largest absolute Gasteiger partial charge is 0.417 e. The van der Waals surface area contributed by atoms with E-state index < -0.39 is 17.8 Å². The number of hydrogen-bond acceptors (Lipinski definition) is 5. The van der Waals surface area contributed by atoms with Crippen LogP contribution in [0.5, 0.6) is 0 Å². The van der Waals surface area contributed by atoms with E-state index in [0.29, 0.717) is 11.1 Å². The fourth-order valence-electron chi connectivity index (χ4n) is 3.30. The molecule has 2 aromatic carbocycles. The van der Waals surface area contributed by atoms with Crippen LogP contribution >= 0.6 is 0 Å². The lowest BCUT2D eigenvalue weighted by atomic mass is 9.95. The van der Waals surface area contributed by atoms with E-state index in [2.05, 4.69) is 16.0 Å². The summed E-state index contributed by atoms with van der Waals surface area (Å²) in [4.78, 5) is 22.8. The van der Waals surface area contributed by atoms with Crippen LogP contribution in [0.2, 0.25) is 0 Å². The number of hydroxylamine groups is 1. The second-order valence-electron chi connectivity index (χ2n) is 7.46. The number of amides is 1. The number of alkyl halides is 3. The van der Waals surface area contributed by atoms with Crippen molar-refractivity contribution in [1.29, 1.82) is 0 Å². The number of nitrogens with one attached hydrogen (secondary N) is 2. The highest BCUT2D eigenvalue weighted by atomic mass is 19.4. The smallest absolute Gasteiger partial charge is 0.391 e. The topological polar surface area (TPSA) is 72.0 Å². The molecule has 0 aromatic heterocycles. The van der Waals surface area contributed by atoms with Crippen LogP contribution in [-0.2, 0) is 27.3 Å². The minimum Gasteiger partial charge on any atom is -0.391 e. The number of halogens is 3. The summed E-state index contributed by atoms with van der Waals surface area (Å²) in [5.41, 5.74) is 4.19. The first-order valence-corrected chi connectivity index (χ1v) is 10.1. The standard InChI is InChI=1S/C23H28F3N3O3/c1-14(2)20(17-10-6-7-12-19(17)23(24,25)26)29-32-13-18-15(3)9-8-11-16(18)21(28-31-5)22(30)27-4/h6-12,14,21,28H,13H2,1-5H3,(H,27,30)/b29-20+. The molecule has 1 atom stereocenters. The Morgan fingerprint density at radius 1 is 1.12 bits per heavy atom. The molecule has 2 rings (SSSR count). The lowest BCUT2D eigenvalue weighted by molar-refractivity contribution is -0.137. The van der Waals surface area contributed by atoms with Gasteiger partial charge < -0.3 is 15.0 Å². The van der Waals surface area contributed by atoms with E-state index in [1.54, 1.807) is 26.0 Å². The summed E-state index contributed by atoms with van der Waals surface area (Å²) < 4.78 is 40.4. The highest BCUT2D eigenvalue weighted by Gasteiger charge is 2.34. The summed E-state index contributed by atoms with van der Waals surface area (Å²) in [5.74, 6) is -0.632. The van der Waals surface area contributed by atoms with Gasteiger partial charge in [-0.2, -0.15) is 18.7 Å². The Morgan fingerprint density at radius 3 is 2.41 bits per heavy atom. The average Bonchev–Trinajstić information content (AvgIpc) is 2.74. The number of carbonyl (C=O) groups excluding carboxylic acids is 1. The van der Waals surface area contributed by atoms with Gasteiger partial charge in [0.1, 0.15) is 12.6 Å². The predicted molar refractivity (Wildman–Crippen MR) is 116 cm³/mol. The molecule has 9 heteroatoms. The van der Waals surface area contributed by atoms with Gasteiger partial charge in [-0.1, -0.05) is 55.4 Å². The maximum atomic E-state index is 13.5. The van der Waals surface area contributed by atoms with Crippen LogP contribution in [0.25, 0.3) is 0 Å². The van der Waals surface area contributed by atoms with Gasteiger partial charge in [0.05, 0.1) is 18.4 Å². The van der Waals surface area contributed by atoms with Crippen LogP contribution in [0.1, 0.15) is 47.7 Å². The van der Waals surface area contributed by atoms with Crippen molar-refractivity contribution >= 4 is 11.6 Å².